The molecule has 19 heteroatoms. The zero-order valence-corrected chi connectivity index (χ0v) is 43.3. The number of aromatic nitrogens is 5. The zero-order valence-electron chi connectivity index (χ0n) is 42.5. The fourth-order valence-corrected chi connectivity index (χ4v) is 12.6. The van der Waals surface area contributed by atoms with E-state index in [2.05, 4.69) is 66.3 Å². The van der Waals surface area contributed by atoms with Gasteiger partial charge in [-0.05, 0) is 119 Å². The number of alkyl carbamates (subject to hydrolysis) is 2. The van der Waals surface area contributed by atoms with Crippen molar-refractivity contribution in [2.75, 3.05) is 33.9 Å². The number of amides is 4. The Balaban J connectivity index is 0.950. The van der Waals surface area contributed by atoms with E-state index >= 15 is 4.39 Å². The highest BCUT2D eigenvalue weighted by Gasteiger charge is 2.45. The van der Waals surface area contributed by atoms with Gasteiger partial charge in [-0.3, -0.25) is 14.2 Å². The molecule has 6 atom stereocenters. The Bertz CT molecular complexity index is 3050. The first-order chi connectivity index (χ1) is 35.1. The van der Waals surface area contributed by atoms with Gasteiger partial charge in [0.15, 0.2) is 11.4 Å². The summed E-state index contributed by atoms with van der Waals surface area (Å²) >= 11 is 1.69. The number of carbonyl (C=O) groups excluding carboxylic acids is 4. The number of carbonyl (C=O) groups is 4. The van der Waals surface area contributed by atoms with Gasteiger partial charge in [-0.2, -0.15) is 0 Å². The SMILES string of the molecule is CCCc1ccc(C2Oc3cc(-c4c[nH+]c([C@@H]5CCCN5C(=O)[C@@H](NC(=O)OC)C(C)C)[nH]4)cc(F)c3-c3cc4cc(-c5c[nH+]c([C@@H]6CCCN6C(=O)C(NC(=O)OC)C6CCOC(C)(C)C6)[nH]5)ccc4n32)s1. The molecule has 4 aromatic heterocycles. The molecule has 3 fully saturated rings. The molecular formula is C54H66FN9O8S+2. The number of hydrogen-bond donors (Lipinski definition) is 4. The molecule has 2 aromatic carbocycles. The second-order valence-electron chi connectivity index (χ2n) is 20.7. The van der Waals surface area contributed by atoms with Crippen molar-refractivity contribution < 1.29 is 52.5 Å². The lowest BCUT2D eigenvalue weighted by Crippen LogP contribution is -2.55. The maximum absolute atomic E-state index is 17.0. The highest BCUT2D eigenvalue weighted by Crippen LogP contribution is 2.48. The van der Waals surface area contributed by atoms with Crippen LogP contribution < -0.4 is 25.3 Å². The number of ether oxygens (including phenoxy) is 4. The molecule has 4 amide bonds. The van der Waals surface area contributed by atoms with E-state index in [1.807, 2.05) is 57.0 Å². The molecule has 6 N–H and O–H groups in total. The van der Waals surface area contributed by atoms with Crippen LogP contribution in [0.5, 0.6) is 5.75 Å². The number of H-pyrrole nitrogens is 4. The maximum atomic E-state index is 17.0. The molecule has 0 radical (unpaired) electrons. The van der Waals surface area contributed by atoms with Crippen molar-refractivity contribution in [2.45, 2.75) is 122 Å². The number of rotatable bonds is 13. The van der Waals surface area contributed by atoms with E-state index < -0.39 is 41.9 Å². The largest absolute Gasteiger partial charge is 0.464 e. The van der Waals surface area contributed by atoms with Gasteiger partial charge in [0, 0.05) is 41.1 Å². The second-order valence-corrected chi connectivity index (χ2v) is 21.9. The lowest BCUT2D eigenvalue weighted by molar-refractivity contribution is -0.393. The summed E-state index contributed by atoms with van der Waals surface area (Å²) in [6.07, 6.45) is 8.07. The smallest absolute Gasteiger partial charge is 0.407 e. The second kappa shape index (κ2) is 20.3. The molecule has 3 saturated heterocycles. The van der Waals surface area contributed by atoms with Crippen molar-refractivity contribution in [3.8, 4) is 39.5 Å². The van der Waals surface area contributed by atoms with Crippen LogP contribution in [0.25, 0.3) is 44.7 Å². The van der Waals surface area contributed by atoms with Gasteiger partial charge in [-0.25, -0.2) is 33.9 Å². The lowest BCUT2D eigenvalue weighted by atomic mass is 9.82. The number of aryl methyl sites for hydroxylation is 1. The van der Waals surface area contributed by atoms with Gasteiger partial charge in [-0.15, -0.1) is 11.3 Å². The number of methoxy groups -OCH3 is 2. The number of hydrogen-bond acceptors (Lipinski definition) is 9. The van der Waals surface area contributed by atoms with Gasteiger partial charge in [0.05, 0.1) is 41.5 Å². The summed E-state index contributed by atoms with van der Waals surface area (Å²) in [5.74, 6) is 0.836. The summed E-state index contributed by atoms with van der Waals surface area (Å²) in [6.45, 7) is 11.5. The number of fused-ring (bicyclic) bond motifs is 5. The third-order valence-corrected chi connectivity index (χ3v) is 16.2. The first kappa shape index (κ1) is 49.8. The van der Waals surface area contributed by atoms with Crippen molar-refractivity contribution in [3.63, 3.8) is 0 Å². The molecule has 4 aliphatic rings. The molecule has 0 saturated carbocycles. The quantitative estimate of drug-likeness (QED) is 0.0881. The molecule has 10 rings (SSSR count). The molecular weight excluding hydrogens is 954 g/mol. The number of aromatic amines is 4. The molecule has 3 unspecified atom stereocenters. The Morgan fingerprint density at radius 3 is 2.19 bits per heavy atom. The number of imidazole rings is 2. The third-order valence-electron chi connectivity index (χ3n) is 15.0. The Hall–Kier alpha value is -6.73. The summed E-state index contributed by atoms with van der Waals surface area (Å²) < 4.78 is 41.8. The lowest BCUT2D eigenvalue weighted by Gasteiger charge is -2.40. The van der Waals surface area contributed by atoms with Gasteiger partial charge in [-0.1, -0.05) is 27.2 Å². The van der Waals surface area contributed by atoms with Crippen molar-refractivity contribution in [3.05, 3.63) is 88.1 Å². The minimum atomic E-state index is -0.759. The van der Waals surface area contributed by atoms with Crippen LogP contribution in [0.15, 0.2) is 60.9 Å². The fraction of sp³-hybridized carbons (Fsp3) is 0.481. The third kappa shape index (κ3) is 9.68. The van der Waals surface area contributed by atoms with Crippen molar-refractivity contribution >= 4 is 46.2 Å². The molecule has 0 bridgehead atoms. The minimum absolute atomic E-state index is 0.118. The van der Waals surface area contributed by atoms with E-state index in [1.54, 1.807) is 22.4 Å². The van der Waals surface area contributed by atoms with Gasteiger partial charge in [0.2, 0.25) is 18.0 Å². The van der Waals surface area contributed by atoms with E-state index in [9.17, 15) is 19.2 Å². The van der Waals surface area contributed by atoms with Gasteiger partial charge in [0.25, 0.3) is 11.6 Å². The van der Waals surface area contributed by atoms with E-state index in [0.29, 0.717) is 73.0 Å². The van der Waals surface area contributed by atoms with E-state index in [1.165, 1.54) is 25.2 Å². The highest BCUT2D eigenvalue weighted by atomic mass is 32.1. The molecule has 386 valence electrons. The zero-order chi connectivity index (χ0) is 51.3. The Kier molecular flexibility index (Phi) is 13.9. The van der Waals surface area contributed by atoms with Crippen LogP contribution in [-0.2, 0) is 30.2 Å². The minimum Gasteiger partial charge on any atom is -0.464 e. The van der Waals surface area contributed by atoms with Crippen LogP contribution in [0.4, 0.5) is 14.0 Å². The van der Waals surface area contributed by atoms with Crippen LogP contribution >= 0.6 is 11.3 Å². The number of nitrogens with zero attached hydrogens (tertiary/aromatic N) is 3. The Morgan fingerprint density at radius 2 is 1.53 bits per heavy atom. The number of benzene rings is 2. The molecule has 17 nitrogen and oxygen atoms in total. The van der Waals surface area contributed by atoms with Crippen molar-refractivity contribution in [1.82, 2.24) is 35.0 Å². The average Bonchev–Trinajstić information content (AvgIpc) is 4.24. The van der Waals surface area contributed by atoms with Crippen LogP contribution in [0, 0.1) is 17.7 Å². The van der Waals surface area contributed by atoms with Crippen LogP contribution in [0.1, 0.15) is 119 Å². The predicted octanol–water partition coefficient (Wildman–Crippen LogP) is 8.66. The summed E-state index contributed by atoms with van der Waals surface area (Å²) in [5, 5.41) is 6.47. The normalized spacial score (nSPS) is 21.1. The topological polar surface area (TPSA) is 201 Å². The van der Waals surface area contributed by atoms with Crippen molar-refractivity contribution in [1.29, 1.82) is 0 Å². The predicted molar refractivity (Wildman–Crippen MR) is 271 cm³/mol. The van der Waals surface area contributed by atoms with Crippen LogP contribution in [0.3, 0.4) is 0 Å². The van der Waals surface area contributed by atoms with E-state index in [4.69, 9.17) is 18.9 Å². The number of likely N-dealkylation sites (tertiary alicyclic amines) is 2. The molecule has 8 heterocycles. The summed E-state index contributed by atoms with van der Waals surface area (Å²) in [5.41, 5.74) is 4.44. The number of thiophene rings is 1. The average molecular weight is 1020 g/mol. The Labute approximate surface area is 427 Å². The molecule has 4 aliphatic heterocycles. The molecule has 0 aliphatic carbocycles. The van der Waals surface area contributed by atoms with Crippen LogP contribution in [-0.4, -0.2) is 99.9 Å². The van der Waals surface area contributed by atoms with Gasteiger partial charge < -0.3 is 39.4 Å². The van der Waals surface area contributed by atoms with E-state index in [-0.39, 0.29) is 35.7 Å². The monoisotopic (exact) mass is 1020 g/mol. The molecule has 6 aromatic rings. The Morgan fingerprint density at radius 1 is 0.863 bits per heavy atom. The number of nitrogens with one attached hydrogen (secondary N) is 6. The summed E-state index contributed by atoms with van der Waals surface area (Å²) in [6, 6.07) is 13.8. The van der Waals surface area contributed by atoms with Gasteiger partial charge in [0.1, 0.15) is 48.1 Å². The van der Waals surface area contributed by atoms with Crippen LogP contribution in [0.2, 0.25) is 0 Å². The number of halogens is 1. The fourth-order valence-electron chi connectivity index (χ4n) is 11.4. The van der Waals surface area contributed by atoms with Crippen molar-refractivity contribution in [2.24, 2.45) is 11.8 Å². The first-order valence-electron chi connectivity index (χ1n) is 25.5. The maximum Gasteiger partial charge on any atom is 0.407 e. The van der Waals surface area contributed by atoms with E-state index in [0.717, 1.165) is 65.0 Å². The molecule has 73 heavy (non-hydrogen) atoms. The summed E-state index contributed by atoms with van der Waals surface area (Å²) in [7, 11) is 2.58. The first-order valence-corrected chi connectivity index (χ1v) is 26.4. The highest BCUT2D eigenvalue weighted by molar-refractivity contribution is 7.12. The summed E-state index contributed by atoms with van der Waals surface area (Å²) in [4.78, 5) is 72.8. The van der Waals surface area contributed by atoms with Gasteiger partial charge >= 0.3 is 12.2 Å². The molecule has 0 spiro atoms. The standard InChI is InChI=1S/C54H64FN9O8S/c1-8-11-34-15-17-43(73-34)51-64-38-16-14-30(36-27-56-47(58-36)40-13-10-20-63(40)50(66)46(61-53(68)70-7)31-18-21-71-54(4,5)26-31)22-33(38)24-41(64)44-35(55)23-32(25-42(44)72-51)37-28-57-48(59-37)39-12-9-19-62(39)49(65)45(29(2)3)60-52(67)69-6/h14-17,22-25,27-29,31,39-40,45-46,51H,8-13,18-21,26H2,1-7H3,(H,56,58)(H,57,59)(H,60,67)(H,61,68)/p+2/t31?,39-,40-,45-,46?,51?/m0/s1.